The van der Waals surface area contributed by atoms with Crippen LogP contribution in [0.4, 0.5) is 10.1 Å². The molecular weight excluding hydrogens is 231 g/mol. The normalized spacial score (nSPS) is 16.5. The number of benzene rings is 1. The summed E-state index contributed by atoms with van der Waals surface area (Å²) in [5.41, 5.74) is 1.94. The van der Waals surface area contributed by atoms with Crippen LogP contribution in [-0.4, -0.2) is 25.7 Å². The van der Waals surface area contributed by atoms with Gasteiger partial charge in [0.05, 0.1) is 0 Å². The minimum Gasteiger partial charge on any atom is -0.324 e. The van der Waals surface area contributed by atoms with Gasteiger partial charge in [0.1, 0.15) is 0 Å². The zero-order valence-corrected chi connectivity index (χ0v) is 10.4. The quantitative estimate of drug-likeness (QED) is 0.859. The standard InChI is InChI=1S/C14H19FN2O/c15-10-14(18)17-13-3-1-11(2-4-13)9-12-5-7-16-8-6-12/h1-4,12,16H,5-10H2,(H,17,18). The number of carbonyl (C=O) groups excluding carboxylic acids is 1. The van der Waals surface area contributed by atoms with Gasteiger partial charge in [-0.1, -0.05) is 12.1 Å². The molecule has 0 radical (unpaired) electrons. The predicted octanol–water partition coefficient (Wildman–Crippen LogP) is 2.14. The highest BCUT2D eigenvalue weighted by Gasteiger charge is 2.13. The summed E-state index contributed by atoms with van der Waals surface area (Å²) in [7, 11) is 0. The van der Waals surface area contributed by atoms with Crippen molar-refractivity contribution in [3.8, 4) is 0 Å². The zero-order valence-electron chi connectivity index (χ0n) is 10.4. The van der Waals surface area contributed by atoms with Crippen LogP contribution in [0.15, 0.2) is 24.3 Å². The fourth-order valence-corrected chi connectivity index (χ4v) is 2.34. The summed E-state index contributed by atoms with van der Waals surface area (Å²) < 4.78 is 12.0. The van der Waals surface area contributed by atoms with Gasteiger partial charge < -0.3 is 10.6 Å². The van der Waals surface area contributed by atoms with E-state index in [0.29, 0.717) is 5.69 Å². The highest BCUT2D eigenvalue weighted by molar-refractivity contribution is 5.91. The third-order valence-corrected chi connectivity index (χ3v) is 3.34. The number of hydrogen-bond donors (Lipinski definition) is 2. The molecule has 98 valence electrons. The number of hydrogen-bond acceptors (Lipinski definition) is 2. The molecule has 18 heavy (non-hydrogen) atoms. The molecule has 0 saturated carbocycles. The molecule has 0 bridgehead atoms. The number of nitrogens with one attached hydrogen (secondary N) is 2. The number of carbonyl (C=O) groups is 1. The Labute approximate surface area is 107 Å². The molecular formula is C14H19FN2O. The number of amides is 1. The summed E-state index contributed by atoms with van der Waals surface area (Å²) in [6.07, 6.45) is 3.53. The number of rotatable bonds is 4. The second-order valence-corrected chi connectivity index (χ2v) is 4.78. The van der Waals surface area contributed by atoms with Gasteiger partial charge in [0, 0.05) is 5.69 Å². The summed E-state index contributed by atoms with van der Waals surface area (Å²) in [5, 5.41) is 5.85. The van der Waals surface area contributed by atoms with E-state index in [4.69, 9.17) is 0 Å². The van der Waals surface area contributed by atoms with Gasteiger partial charge in [-0.2, -0.15) is 0 Å². The van der Waals surface area contributed by atoms with Crippen LogP contribution < -0.4 is 10.6 Å². The summed E-state index contributed by atoms with van der Waals surface area (Å²) >= 11 is 0. The Balaban J connectivity index is 1.88. The highest BCUT2D eigenvalue weighted by atomic mass is 19.1. The molecule has 0 spiro atoms. The first kappa shape index (κ1) is 13.0. The van der Waals surface area contributed by atoms with Gasteiger partial charge in [-0.25, -0.2) is 4.39 Å². The Morgan fingerprint density at radius 3 is 2.56 bits per heavy atom. The molecule has 4 heteroatoms. The van der Waals surface area contributed by atoms with Crippen LogP contribution in [-0.2, 0) is 11.2 Å². The molecule has 1 aromatic rings. The van der Waals surface area contributed by atoms with E-state index in [1.807, 2.05) is 24.3 Å². The van der Waals surface area contributed by atoms with E-state index in [2.05, 4.69) is 10.6 Å². The first-order valence-electron chi connectivity index (χ1n) is 6.43. The van der Waals surface area contributed by atoms with Crippen molar-refractivity contribution in [3.63, 3.8) is 0 Å². The van der Waals surface area contributed by atoms with Crippen molar-refractivity contribution in [3.05, 3.63) is 29.8 Å². The van der Waals surface area contributed by atoms with Gasteiger partial charge >= 0.3 is 0 Å². The molecule has 1 amide bonds. The fourth-order valence-electron chi connectivity index (χ4n) is 2.34. The largest absolute Gasteiger partial charge is 0.324 e. The van der Waals surface area contributed by atoms with Gasteiger partial charge in [-0.3, -0.25) is 4.79 Å². The lowest BCUT2D eigenvalue weighted by molar-refractivity contribution is -0.117. The Bertz CT molecular complexity index is 385. The Hall–Kier alpha value is -1.42. The second-order valence-electron chi connectivity index (χ2n) is 4.78. The van der Waals surface area contributed by atoms with Crippen LogP contribution in [0.25, 0.3) is 0 Å². The van der Waals surface area contributed by atoms with Crippen LogP contribution >= 0.6 is 0 Å². The maximum absolute atomic E-state index is 12.0. The summed E-state index contributed by atoms with van der Waals surface area (Å²) in [6, 6.07) is 7.69. The predicted molar refractivity (Wildman–Crippen MR) is 70.3 cm³/mol. The van der Waals surface area contributed by atoms with Crippen LogP contribution in [0.5, 0.6) is 0 Å². The number of halogens is 1. The molecule has 0 aliphatic carbocycles. The monoisotopic (exact) mass is 250 g/mol. The van der Waals surface area contributed by atoms with E-state index in [1.54, 1.807) is 0 Å². The number of anilines is 1. The topological polar surface area (TPSA) is 41.1 Å². The Morgan fingerprint density at radius 2 is 1.94 bits per heavy atom. The molecule has 1 fully saturated rings. The minimum atomic E-state index is -0.975. The number of alkyl halides is 1. The smallest absolute Gasteiger partial charge is 0.255 e. The van der Waals surface area contributed by atoms with Crippen molar-refractivity contribution in [1.29, 1.82) is 0 Å². The molecule has 3 nitrogen and oxygen atoms in total. The van der Waals surface area contributed by atoms with Gasteiger partial charge in [-0.15, -0.1) is 0 Å². The van der Waals surface area contributed by atoms with Crippen LogP contribution in [0, 0.1) is 5.92 Å². The van der Waals surface area contributed by atoms with Crippen molar-refractivity contribution in [2.45, 2.75) is 19.3 Å². The molecule has 1 aliphatic rings. The molecule has 0 unspecified atom stereocenters. The molecule has 1 aromatic carbocycles. The third kappa shape index (κ3) is 3.81. The van der Waals surface area contributed by atoms with E-state index in [-0.39, 0.29) is 0 Å². The summed E-state index contributed by atoms with van der Waals surface area (Å²) in [4.78, 5) is 10.9. The van der Waals surface area contributed by atoms with Crippen molar-refractivity contribution < 1.29 is 9.18 Å². The van der Waals surface area contributed by atoms with Crippen LogP contribution in [0.3, 0.4) is 0 Å². The molecule has 2 N–H and O–H groups in total. The zero-order chi connectivity index (χ0) is 12.8. The first-order chi connectivity index (χ1) is 8.78. The maximum atomic E-state index is 12.0. The molecule has 2 rings (SSSR count). The minimum absolute atomic E-state index is 0.596. The Morgan fingerprint density at radius 1 is 1.28 bits per heavy atom. The Kier molecular flexibility index (Phi) is 4.70. The lowest BCUT2D eigenvalue weighted by Gasteiger charge is -2.22. The fraction of sp³-hybridized carbons (Fsp3) is 0.500. The first-order valence-corrected chi connectivity index (χ1v) is 6.43. The van der Waals surface area contributed by atoms with Crippen molar-refractivity contribution >= 4 is 11.6 Å². The lowest BCUT2D eigenvalue weighted by Crippen LogP contribution is -2.28. The van der Waals surface area contributed by atoms with Gasteiger partial charge in [-0.05, 0) is 56.0 Å². The lowest BCUT2D eigenvalue weighted by atomic mass is 9.91. The van der Waals surface area contributed by atoms with E-state index >= 15 is 0 Å². The van der Waals surface area contributed by atoms with Gasteiger partial charge in [0.15, 0.2) is 6.67 Å². The molecule has 1 heterocycles. The van der Waals surface area contributed by atoms with Crippen molar-refractivity contribution in [2.24, 2.45) is 5.92 Å². The average Bonchev–Trinajstić information content (AvgIpc) is 2.42. The molecule has 0 aromatic heterocycles. The second kappa shape index (κ2) is 6.50. The molecule has 1 saturated heterocycles. The maximum Gasteiger partial charge on any atom is 0.255 e. The number of piperidine rings is 1. The van der Waals surface area contributed by atoms with E-state index in [9.17, 15) is 9.18 Å². The highest BCUT2D eigenvalue weighted by Crippen LogP contribution is 2.19. The molecule has 0 atom stereocenters. The average molecular weight is 250 g/mol. The molecule has 1 aliphatic heterocycles. The van der Waals surface area contributed by atoms with Crippen LogP contribution in [0.1, 0.15) is 18.4 Å². The van der Waals surface area contributed by atoms with Crippen molar-refractivity contribution in [2.75, 3.05) is 25.1 Å². The van der Waals surface area contributed by atoms with E-state index in [1.165, 1.54) is 18.4 Å². The third-order valence-electron chi connectivity index (χ3n) is 3.34. The summed E-state index contributed by atoms with van der Waals surface area (Å²) in [6.45, 7) is 1.24. The van der Waals surface area contributed by atoms with Gasteiger partial charge in [0.25, 0.3) is 5.91 Å². The van der Waals surface area contributed by atoms with E-state index in [0.717, 1.165) is 25.4 Å². The van der Waals surface area contributed by atoms with Crippen LogP contribution in [0.2, 0.25) is 0 Å². The van der Waals surface area contributed by atoms with Crippen molar-refractivity contribution in [1.82, 2.24) is 5.32 Å². The summed E-state index contributed by atoms with van der Waals surface area (Å²) in [5.74, 6) is 0.152. The van der Waals surface area contributed by atoms with E-state index < -0.39 is 12.6 Å². The SMILES string of the molecule is O=C(CF)Nc1ccc(CC2CCNCC2)cc1. The van der Waals surface area contributed by atoms with Gasteiger partial charge in [0.2, 0.25) is 0 Å².